The van der Waals surface area contributed by atoms with Gasteiger partial charge in [-0.2, -0.15) is 0 Å². The molecule has 160 valence electrons. The number of ketones is 1. The summed E-state index contributed by atoms with van der Waals surface area (Å²) in [6, 6.07) is 7.54. The number of hydrogen-bond acceptors (Lipinski definition) is 5. The van der Waals surface area contributed by atoms with E-state index < -0.39 is 0 Å². The number of aromatic hydroxyl groups is 3. The fraction of sp³-hybridized carbons (Fsp3) is 0.480. The van der Waals surface area contributed by atoms with Crippen LogP contribution in [0.25, 0.3) is 0 Å². The highest BCUT2D eigenvalue weighted by Gasteiger charge is 2.51. The van der Waals surface area contributed by atoms with E-state index in [0.717, 1.165) is 36.8 Å². The van der Waals surface area contributed by atoms with Crippen LogP contribution in [0.15, 0.2) is 30.3 Å². The molecule has 0 amide bonds. The van der Waals surface area contributed by atoms with Crippen molar-refractivity contribution < 1.29 is 24.9 Å². The molecule has 30 heavy (non-hydrogen) atoms. The van der Waals surface area contributed by atoms with Crippen molar-refractivity contribution in [1.29, 1.82) is 0 Å². The van der Waals surface area contributed by atoms with E-state index in [1.807, 2.05) is 6.07 Å². The summed E-state index contributed by atoms with van der Waals surface area (Å²) in [4.78, 5) is 12.6. The van der Waals surface area contributed by atoms with Crippen molar-refractivity contribution in [3.8, 4) is 23.0 Å². The number of phenolic OH excluding ortho intramolecular Hbond substituents is 3. The van der Waals surface area contributed by atoms with Crippen molar-refractivity contribution in [2.45, 2.75) is 64.9 Å². The van der Waals surface area contributed by atoms with Crippen molar-refractivity contribution >= 4 is 5.78 Å². The predicted molar refractivity (Wildman–Crippen MR) is 114 cm³/mol. The van der Waals surface area contributed by atoms with Gasteiger partial charge in [0.2, 0.25) is 0 Å². The standard InChI is InChI=1S/C25H30O5/c1-24(2)11-4-12-25(3)22(24)14-18-15(6-10-20(28)23(18)30-25)5-9-19(27)17-8-7-16(26)13-21(17)29/h6-8,10,13,22,26,28-29H,4-5,9,11-12,14H2,1-3H3. The Labute approximate surface area is 177 Å². The first kappa shape index (κ1) is 20.6. The molecular weight excluding hydrogens is 380 g/mol. The number of benzene rings is 2. The van der Waals surface area contributed by atoms with Crippen LogP contribution >= 0.6 is 0 Å². The monoisotopic (exact) mass is 410 g/mol. The highest BCUT2D eigenvalue weighted by atomic mass is 16.5. The zero-order valence-electron chi connectivity index (χ0n) is 17.9. The second-order valence-corrected chi connectivity index (χ2v) is 9.69. The van der Waals surface area contributed by atoms with Crippen LogP contribution in [0.4, 0.5) is 0 Å². The zero-order chi connectivity index (χ0) is 21.7. The molecule has 2 atom stereocenters. The Bertz CT molecular complexity index is 993. The molecule has 3 N–H and O–H groups in total. The molecule has 1 saturated carbocycles. The van der Waals surface area contributed by atoms with Crippen LogP contribution in [0, 0.1) is 11.3 Å². The van der Waals surface area contributed by atoms with Gasteiger partial charge in [0.15, 0.2) is 17.3 Å². The quantitative estimate of drug-likeness (QED) is 0.608. The smallest absolute Gasteiger partial charge is 0.166 e. The molecule has 1 fully saturated rings. The molecule has 0 spiro atoms. The first-order valence-corrected chi connectivity index (χ1v) is 10.7. The lowest BCUT2D eigenvalue weighted by molar-refractivity contribution is -0.0829. The van der Waals surface area contributed by atoms with Gasteiger partial charge >= 0.3 is 0 Å². The average molecular weight is 411 g/mol. The third-order valence-corrected chi connectivity index (χ3v) is 7.16. The van der Waals surface area contributed by atoms with Gasteiger partial charge in [0.25, 0.3) is 0 Å². The van der Waals surface area contributed by atoms with Crippen LogP contribution in [0.1, 0.15) is 67.9 Å². The summed E-state index contributed by atoms with van der Waals surface area (Å²) >= 11 is 0. The zero-order valence-corrected chi connectivity index (χ0v) is 17.9. The topological polar surface area (TPSA) is 87.0 Å². The average Bonchev–Trinajstić information content (AvgIpc) is 2.66. The van der Waals surface area contributed by atoms with Crippen molar-refractivity contribution in [3.63, 3.8) is 0 Å². The van der Waals surface area contributed by atoms with Crippen molar-refractivity contribution in [3.05, 3.63) is 47.0 Å². The number of aryl methyl sites for hydroxylation is 1. The van der Waals surface area contributed by atoms with E-state index in [1.54, 1.807) is 6.07 Å². The molecule has 1 heterocycles. The summed E-state index contributed by atoms with van der Waals surface area (Å²) in [6.07, 6.45) is 4.78. The highest BCUT2D eigenvalue weighted by Crippen LogP contribution is 2.55. The van der Waals surface area contributed by atoms with Gasteiger partial charge < -0.3 is 20.1 Å². The van der Waals surface area contributed by atoms with E-state index in [4.69, 9.17) is 4.74 Å². The predicted octanol–water partition coefficient (Wildman–Crippen LogP) is 5.14. The van der Waals surface area contributed by atoms with Crippen LogP contribution < -0.4 is 4.74 Å². The molecule has 5 nitrogen and oxygen atoms in total. The SMILES string of the molecule is CC1(C)CCCC2(C)Oc3c(O)ccc(CCC(=O)c4ccc(O)cc4O)c3CC12. The third-order valence-electron chi connectivity index (χ3n) is 7.16. The van der Waals surface area contributed by atoms with Gasteiger partial charge in [-0.3, -0.25) is 4.79 Å². The fourth-order valence-corrected chi connectivity index (χ4v) is 5.49. The molecule has 2 aromatic carbocycles. The van der Waals surface area contributed by atoms with Gasteiger partial charge in [0.1, 0.15) is 17.1 Å². The van der Waals surface area contributed by atoms with E-state index in [2.05, 4.69) is 20.8 Å². The largest absolute Gasteiger partial charge is 0.508 e. The first-order valence-electron chi connectivity index (χ1n) is 10.7. The summed E-state index contributed by atoms with van der Waals surface area (Å²) < 4.78 is 6.45. The lowest BCUT2D eigenvalue weighted by atomic mass is 9.59. The molecule has 2 unspecified atom stereocenters. The van der Waals surface area contributed by atoms with E-state index in [1.165, 1.54) is 18.2 Å². The molecule has 1 aliphatic carbocycles. The molecule has 5 heteroatoms. The molecule has 1 aliphatic heterocycles. The maximum Gasteiger partial charge on any atom is 0.166 e. The first-order chi connectivity index (χ1) is 14.1. The third kappa shape index (κ3) is 3.51. The van der Waals surface area contributed by atoms with E-state index in [9.17, 15) is 20.1 Å². The normalized spacial score (nSPS) is 24.4. The number of fused-ring (bicyclic) bond motifs is 2. The maximum absolute atomic E-state index is 12.6. The molecule has 0 radical (unpaired) electrons. The van der Waals surface area contributed by atoms with E-state index in [-0.39, 0.29) is 46.0 Å². The number of ether oxygens (including phenoxy) is 1. The summed E-state index contributed by atoms with van der Waals surface area (Å²) in [5.74, 6) is 0.573. The number of carbonyl (C=O) groups excluding carboxylic acids is 1. The Morgan fingerprint density at radius 2 is 1.83 bits per heavy atom. The van der Waals surface area contributed by atoms with Crippen molar-refractivity contribution in [2.75, 3.05) is 0 Å². The lowest BCUT2D eigenvalue weighted by Crippen LogP contribution is -2.54. The van der Waals surface area contributed by atoms with Gasteiger partial charge in [-0.15, -0.1) is 0 Å². The van der Waals surface area contributed by atoms with Gasteiger partial charge in [-0.1, -0.05) is 19.9 Å². The minimum absolute atomic E-state index is 0.0769. The van der Waals surface area contributed by atoms with Gasteiger partial charge in [-0.05, 0) is 68.2 Å². The molecular formula is C25H30O5. The van der Waals surface area contributed by atoms with Gasteiger partial charge in [-0.25, -0.2) is 0 Å². The highest BCUT2D eigenvalue weighted by molar-refractivity contribution is 5.98. The number of Topliss-reactive ketones (excluding diaryl/α,β-unsaturated/α-hetero) is 1. The molecule has 0 bridgehead atoms. The van der Waals surface area contributed by atoms with E-state index in [0.29, 0.717) is 18.1 Å². The van der Waals surface area contributed by atoms with Crippen LogP contribution in [-0.2, 0) is 12.8 Å². The second kappa shape index (κ2) is 7.22. The van der Waals surface area contributed by atoms with Crippen LogP contribution in [0.5, 0.6) is 23.0 Å². The van der Waals surface area contributed by atoms with Crippen molar-refractivity contribution in [1.82, 2.24) is 0 Å². The Morgan fingerprint density at radius 3 is 2.57 bits per heavy atom. The minimum atomic E-state index is -0.293. The summed E-state index contributed by atoms with van der Waals surface area (Å²) in [6.45, 7) is 6.75. The van der Waals surface area contributed by atoms with Crippen LogP contribution in [0.3, 0.4) is 0 Å². The number of hydrogen-bond donors (Lipinski definition) is 3. The summed E-state index contributed by atoms with van der Waals surface area (Å²) in [5.41, 5.74) is 2.05. The van der Waals surface area contributed by atoms with Crippen LogP contribution in [0.2, 0.25) is 0 Å². The van der Waals surface area contributed by atoms with Crippen LogP contribution in [-0.4, -0.2) is 26.7 Å². The molecule has 0 aromatic heterocycles. The van der Waals surface area contributed by atoms with Gasteiger partial charge in [0.05, 0.1) is 5.56 Å². The Morgan fingerprint density at radius 1 is 1.07 bits per heavy atom. The summed E-state index contributed by atoms with van der Waals surface area (Å²) in [5, 5.41) is 29.9. The lowest BCUT2D eigenvalue weighted by Gasteiger charge is -2.53. The maximum atomic E-state index is 12.6. The number of phenols is 3. The molecule has 0 saturated heterocycles. The second-order valence-electron chi connectivity index (χ2n) is 9.69. The fourth-order valence-electron chi connectivity index (χ4n) is 5.49. The molecule has 2 aromatic rings. The van der Waals surface area contributed by atoms with Crippen molar-refractivity contribution in [2.24, 2.45) is 11.3 Å². The van der Waals surface area contributed by atoms with Gasteiger partial charge in [0, 0.05) is 24.0 Å². The Balaban J connectivity index is 1.61. The molecule has 2 aliphatic rings. The molecule has 4 rings (SSSR count). The minimum Gasteiger partial charge on any atom is -0.508 e. The Kier molecular flexibility index (Phi) is 4.95. The summed E-state index contributed by atoms with van der Waals surface area (Å²) in [7, 11) is 0. The number of carbonyl (C=O) groups is 1. The Hall–Kier alpha value is -2.69. The number of rotatable bonds is 4. The van der Waals surface area contributed by atoms with E-state index >= 15 is 0 Å².